The molecule has 0 bridgehead atoms. The Hall–Kier alpha value is -2.24. The van der Waals surface area contributed by atoms with Crippen molar-refractivity contribution in [2.45, 2.75) is 18.6 Å². The summed E-state index contributed by atoms with van der Waals surface area (Å²) in [6.07, 6.45) is 0. The van der Waals surface area contributed by atoms with E-state index in [2.05, 4.69) is 0 Å². The van der Waals surface area contributed by atoms with Crippen LogP contribution in [0.1, 0.15) is 17.2 Å². The second-order valence-corrected chi connectivity index (χ2v) is 6.05. The molecule has 1 aliphatic rings. The Kier molecular flexibility index (Phi) is 4.64. The number of hydrogen-bond donors (Lipinski definition) is 1. The van der Waals surface area contributed by atoms with Crippen LogP contribution in [0.2, 0.25) is 5.02 Å². The topological polar surface area (TPSA) is 64.8 Å². The van der Waals surface area contributed by atoms with E-state index in [1.807, 2.05) is 36.4 Å². The number of ether oxygens (including phenoxy) is 2. The van der Waals surface area contributed by atoms with Crippen LogP contribution in [0.5, 0.6) is 11.5 Å². The zero-order valence-electron chi connectivity index (χ0n) is 13.5. The highest BCUT2D eigenvalue weighted by Gasteiger charge is 2.46. The second-order valence-electron chi connectivity index (χ2n) is 5.65. The molecule has 2 N–H and O–H groups in total. The third-order valence-corrected chi connectivity index (χ3v) is 4.61. The normalized spacial score (nSPS) is 19.8. The summed E-state index contributed by atoms with van der Waals surface area (Å²) in [5.74, 6) is 1.19. The Morgan fingerprint density at radius 2 is 1.83 bits per heavy atom. The van der Waals surface area contributed by atoms with Crippen LogP contribution < -0.4 is 15.2 Å². The number of benzene rings is 2. The molecular formula is C18H19ClN2O3. The van der Waals surface area contributed by atoms with Gasteiger partial charge in [0.05, 0.1) is 20.3 Å². The van der Waals surface area contributed by atoms with E-state index in [-0.39, 0.29) is 11.9 Å². The molecule has 24 heavy (non-hydrogen) atoms. The first-order chi connectivity index (χ1) is 11.6. The van der Waals surface area contributed by atoms with E-state index in [1.165, 1.54) is 0 Å². The minimum absolute atomic E-state index is 0.0882. The number of likely N-dealkylation sites (tertiary alicyclic amines) is 1. The van der Waals surface area contributed by atoms with Crippen molar-refractivity contribution >= 4 is 17.5 Å². The van der Waals surface area contributed by atoms with Crippen LogP contribution in [-0.2, 0) is 11.3 Å². The largest absolute Gasteiger partial charge is 0.493 e. The number of halogens is 1. The quantitative estimate of drug-likeness (QED) is 0.845. The fraction of sp³-hybridized carbons (Fsp3) is 0.278. The smallest absolute Gasteiger partial charge is 0.242 e. The van der Waals surface area contributed by atoms with Gasteiger partial charge >= 0.3 is 0 Å². The average Bonchev–Trinajstić information content (AvgIpc) is 2.62. The van der Waals surface area contributed by atoms with E-state index < -0.39 is 6.04 Å². The van der Waals surface area contributed by atoms with Crippen molar-refractivity contribution in [3.8, 4) is 11.5 Å². The number of nitrogens with zero attached hydrogens (tertiary/aromatic N) is 1. The van der Waals surface area contributed by atoms with Crippen molar-refractivity contribution < 1.29 is 14.3 Å². The lowest BCUT2D eigenvalue weighted by Gasteiger charge is -2.46. The molecule has 1 heterocycles. The number of hydrogen-bond acceptors (Lipinski definition) is 4. The Balaban J connectivity index is 1.86. The van der Waals surface area contributed by atoms with Gasteiger partial charge in [0.25, 0.3) is 0 Å². The number of carbonyl (C=O) groups is 1. The minimum Gasteiger partial charge on any atom is -0.493 e. The predicted molar refractivity (Wildman–Crippen MR) is 92.3 cm³/mol. The summed E-state index contributed by atoms with van der Waals surface area (Å²) in [7, 11) is 3.17. The second kappa shape index (κ2) is 6.71. The van der Waals surface area contributed by atoms with Crippen LogP contribution in [0.3, 0.4) is 0 Å². The number of amides is 1. The van der Waals surface area contributed by atoms with Crippen LogP contribution in [0, 0.1) is 0 Å². The average molecular weight is 347 g/mol. The van der Waals surface area contributed by atoms with E-state index in [9.17, 15) is 4.79 Å². The lowest BCUT2D eigenvalue weighted by Crippen LogP contribution is -2.62. The van der Waals surface area contributed by atoms with Crippen molar-refractivity contribution in [3.63, 3.8) is 0 Å². The van der Waals surface area contributed by atoms with Crippen molar-refractivity contribution in [1.82, 2.24) is 4.90 Å². The first-order valence-electron chi connectivity index (χ1n) is 7.58. The van der Waals surface area contributed by atoms with E-state index in [0.29, 0.717) is 23.1 Å². The number of β-lactam (4-membered cyclic amide) rings is 1. The molecule has 0 spiro atoms. The molecule has 0 radical (unpaired) electrons. The maximum absolute atomic E-state index is 12.2. The van der Waals surface area contributed by atoms with Gasteiger partial charge in [-0.1, -0.05) is 35.9 Å². The summed E-state index contributed by atoms with van der Waals surface area (Å²) in [5.41, 5.74) is 7.82. The molecule has 126 valence electrons. The Bertz CT molecular complexity index is 766. The number of rotatable bonds is 5. The molecule has 0 unspecified atom stereocenters. The molecule has 1 saturated heterocycles. The van der Waals surface area contributed by atoms with Crippen LogP contribution in [-0.4, -0.2) is 31.1 Å². The first kappa shape index (κ1) is 16.6. The molecule has 1 amide bonds. The van der Waals surface area contributed by atoms with Crippen molar-refractivity contribution in [2.75, 3.05) is 14.2 Å². The van der Waals surface area contributed by atoms with Gasteiger partial charge in [-0.2, -0.15) is 0 Å². The van der Waals surface area contributed by atoms with Crippen molar-refractivity contribution in [3.05, 3.63) is 58.6 Å². The molecule has 0 saturated carbocycles. The standard InChI is InChI=1S/C18H19ClN2O3/c1-23-14-8-7-11(9-15(14)24-2)10-21-17(16(20)18(21)22)12-5-3-4-6-13(12)19/h3-9,16-17H,10,20H2,1-2H3/t16-,17+/m0/s1. The zero-order valence-corrected chi connectivity index (χ0v) is 14.3. The van der Waals surface area contributed by atoms with E-state index >= 15 is 0 Å². The zero-order chi connectivity index (χ0) is 17.3. The van der Waals surface area contributed by atoms with E-state index in [0.717, 1.165) is 11.1 Å². The highest BCUT2D eigenvalue weighted by molar-refractivity contribution is 6.31. The molecule has 1 aliphatic heterocycles. The lowest BCUT2D eigenvalue weighted by atomic mass is 9.88. The Morgan fingerprint density at radius 1 is 1.12 bits per heavy atom. The summed E-state index contributed by atoms with van der Waals surface area (Å²) in [4.78, 5) is 14.0. The van der Waals surface area contributed by atoms with Crippen molar-refractivity contribution in [2.24, 2.45) is 5.73 Å². The minimum atomic E-state index is -0.565. The summed E-state index contributed by atoms with van der Waals surface area (Å²) in [6, 6.07) is 12.3. The fourth-order valence-corrected chi connectivity index (χ4v) is 3.25. The van der Waals surface area contributed by atoms with E-state index in [4.69, 9.17) is 26.8 Å². The first-order valence-corrected chi connectivity index (χ1v) is 7.96. The van der Waals surface area contributed by atoms with Gasteiger partial charge in [0.1, 0.15) is 6.04 Å². The molecular weight excluding hydrogens is 328 g/mol. The van der Waals surface area contributed by atoms with Crippen LogP contribution in [0.25, 0.3) is 0 Å². The third-order valence-electron chi connectivity index (χ3n) is 4.27. The molecule has 5 nitrogen and oxygen atoms in total. The van der Waals surface area contributed by atoms with Gasteiger partial charge in [-0.25, -0.2) is 0 Å². The molecule has 2 aromatic rings. The maximum Gasteiger partial charge on any atom is 0.242 e. The number of carbonyl (C=O) groups excluding carboxylic acids is 1. The monoisotopic (exact) mass is 346 g/mol. The number of nitrogens with two attached hydrogens (primary N) is 1. The SMILES string of the molecule is COc1ccc(CN2C(=O)[C@@H](N)[C@H]2c2ccccc2Cl)cc1OC. The van der Waals surface area contributed by atoms with Crippen molar-refractivity contribution in [1.29, 1.82) is 0 Å². The summed E-state index contributed by atoms with van der Waals surface area (Å²) in [5, 5.41) is 0.614. The highest BCUT2D eigenvalue weighted by Crippen LogP contribution is 2.39. The van der Waals surface area contributed by atoms with Crippen LogP contribution >= 0.6 is 11.6 Å². The van der Waals surface area contributed by atoms with Gasteiger partial charge in [0.2, 0.25) is 5.91 Å². The van der Waals surface area contributed by atoms with Gasteiger partial charge in [-0.3, -0.25) is 4.79 Å². The van der Waals surface area contributed by atoms with Gasteiger partial charge in [0.15, 0.2) is 11.5 Å². The van der Waals surface area contributed by atoms with Gasteiger partial charge in [0, 0.05) is 11.6 Å². The summed E-state index contributed by atoms with van der Waals surface area (Å²) in [6.45, 7) is 0.433. The fourth-order valence-electron chi connectivity index (χ4n) is 3.00. The van der Waals surface area contributed by atoms with Crippen LogP contribution in [0.15, 0.2) is 42.5 Å². The molecule has 0 aliphatic carbocycles. The van der Waals surface area contributed by atoms with E-state index in [1.54, 1.807) is 25.2 Å². The summed E-state index contributed by atoms with van der Waals surface area (Å²) < 4.78 is 10.6. The third kappa shape index (κ3) is 2.81. The number of methoxy groups -OCH3 is 2. The lowest BCUT2D eigenvalue weighted by molar-refractivity contribution is -0.150. The molecule has 0 aromatic heterocycles. The highest BCUT2D eigenvalue weighted by atomic mass is 35.5. The van der Waals surface area contributed by atoms with Gasteiger partial charge < -0.3 is 20.1 Å². The Morgan fingerprint density at radius 3 is 2.50 bits per heavy atom. The van der Waals surface area contributed by atoms with Gasteiger partial charge in [-0.15, -0.1) is 0 Å². The Labute approximate surface area is 145 Å². The van der Waals surface area contributed by atoms with Gasteiger partial charge in [-0.05, 0) is 29.3 Å². The molecule has 1 fully saturated rings. The van der Waals surface area contributed by atoms with Crippen LogP contribution in [0.4, 0.5) is 0 Å². The molecule has 2 atom stereocenters. The molecule has 6 heteroatoms. The predicted octanol–water partition coefficient (Wildman–Crippen LogP) is 2.77. The maximum atomic E-state index is 12.2. The molecule has 3 rings (SSSR count). The molecule has 2 aromatic carbocycles. The summed E-state index contributed by atoms with van der Waals surface area (Å²) >= 11 is 6.27.